The third-order valence-corrected chi connectivity index (χ3v) is 6.10. The smallest absolute Gasteiger partial charge is 0.333 e. The molecule has 3 aromatic heterocycles. The Morgan fingerprint density at radius 2 is 1.81 bits per heavy atom. The van der Waals surface area contributed by atoms with Gasteiger partial charge in [-0.1, -0.05) is 0 Å². The van der Waals surface area contributed by atoms with Crippen molar-refractivity contribution in [2.45, 2.75) is 33.4 Å². The summed E-state index contributed by atoms with van der Waals surface area (Å²) in [7, 11) is 2.77. The zero-order valence-corrected chi connectivity index (χ0v) is 18.4. The van der Waals surface area contributed by atoms with E-state index in [2.05, 4.69) is 19.2 Å². The minimum atomic E-state index is -0.659. The van der Waals surface area contributed by atoms with Crippen LogP contribution in [0.5, 0.6) is 0 Å². The number of hydrogen-bond donors (Lipinski definition) is 0. The summed E-state index contributed by atoms with van der Waals surface area (Å²) >= 11 is 0. The molecule has 1 aliphatic rings. The van der Waals surface area contributed by atoms with E-state index in [1.54, 1.807) is 11.4 Å². The van der Waals surface area contributed by atoms with Gasteiger partial charge in [0.1, 0.15) is 6.54 Å². The van der Waals surface area contributed by atoms with Crippen LogP contribution in [0.3, 0.4) is 0 Å². The second kappa shape index (κ2) is 8.31. The van der Waals surface area contributed by atoms with Gasteiger partial charge >= 0.3 is 11.7 Å². The van der Waals surface area contributed by atoms with Gasteiger partial charge < -0.3 is 14.0 Å². The lowest BCUT2D eigenvalue weighted by Gasteiger charge is -2.26. The Hall–Kier alpha value is -2.92. The third-order valence-electron chi connectivity index (χ3n) is 6.10. The highest BCUT2D eigenvalue weighted by atomic mass is 16.5. The summed E-state index contributed by atoms with van der Waals surface area (Å²) in [5.41, 5.74) is 1.33. The molecule has 0 aliphatic carbocycles. The van der Waals surface area contributed by atoms with E-state index < -0.39 is 23.8 Å². The molecule has 0 amide bonds. The molecule has 0 saturated carbocycles. The van der Waals surface area contributed by atoms with Crippen molar-refractivity contribution < 1.29 is 14.3 Å². The highest BCUT2D eigenvalue weighted by molar-refractivity contribution is 5.77. The van der Waals surface area contributed by atoms with Crippen LogP contribution < -0.4 is 11.2 Å². The maximum absolute atomic E-state index is 13.2. The molecule has 0 bridgehead atoms. The van der Waals surface area contributed by atoms with E-state index in [1.807, 2.05) is 13.8 Å². The van der Waals surface area contributed by atoms with E-state index in [0.29, 0.717) is 11.4 Å². The minimum Gasteiger partial charge on any atom is -0.468 e. The van der Waals surface area contributed by atoms with Crippen molar-refractivity contribution in [2.24, 2.45) is 7.05 Å². The molecule has 0 radical (unpaired) electrons. The predicted molar refractivity (Wildman–Crippen MR) is 114 cm³/mol. The molecule has 4 rings (SSSR count). The van der Waals surface area contributed by atoms with Crippen LogP contribution in [0.4, 0.5) is 0 Å². The fourth-order valence-electron chi connectivity index (χ4n) is 4.19. The Kier molecular flexibility index (Phi) is 5.71. The fraction of sp³-hybridized carbons (Fsp3) is 0.600. The van der Waals surface area contributed by atoms with Gasteiger partial charge in [-0.2, -0.15) is 4.98 Å². The number of morpholine rings is 1. The number of carbonyl (C=O) groups excluding carboxylic acids is 1. The number of esters is 1. The highest BCUT2D eigenvalue weighted by Crippen LogP contribution is 2.21. The van der Waals surface area contributed by atoms with Crippen molar-refractivity contribution in [1.82, 2.24) is 28.0 Å². The number of aryl methyl sites for hydroxylation is 3. The van der Waals surface area contributed by atoms with Crippen LogP contribution in [0.15, 0.2) is 9.59 Å². The second-order valence-electron chi connectivity index (χ2n) is 7.86. The molecule has 0 N–H and O–H groups in total. The van der Waals surface area contributed by atoms with Gasteiger partial charge in [-0.25, -0.2) is 9.36 Å². The second-order valence-corrected chi connectivity index (χ2v) is 7.86. The van der Waals surface area contributed by atoms with Crippen LogP contribution in [-0.2, 0) is 34.4 Å². The normalized spacial score (nSPS) is 15.2. The first-order valence-corrected chi connectivity index (χ1v) is 10.4. The Balaban J connectivity index is 1.78. The summed E-state index contributed by atoms with van der Waals surface area (Å²) in [6, 6.07) is 0. The number of carbonyl (C=O) groups is 1. The number of hydrogen-bond acceptors (Lipinski definition) is 7. The summed E-state index contributed by atoms with van der Waals surface area (Å²) in [5.74, 6) is -0.0391. The molecule has 11 nitrogen and oxygen atoms in total. The largest absolute Gasteiger partial charge is 0.468 e. The molecule has 11 heteroatoms. The van der Waals surface area contributed by atoms with Crippen LogP contribution in [0.25, 0.3) is 16.9 Å². The standard InChI is InChI=1S/C20H28N6O5/c1-13-14(2)26-16-17(22(3)20(29)25(18(16)28)12-15(27)30-4)21-19(26)24(13)7-5-6-23-8-10-31-11-9-23/h5-12H2,1-4H3. The summed E-state index contributed by atoms with van der Waals surface area (Å²) in [6.45, 7) is 8.60. The Morgan fingerprint density at radius 1 is 1.10 bits per heavy atom. The molecule has 0 spiro atoms. The minimum absolute atomic E-state index is 0.286. The maximum atomic E-state index is 13.2. The first-order chi connectivity index (χ1) is 14.8. The zero-order valence-electron chi connectivity index (χ0n) is 18.4. The van der Waals surface area contributed by atoms with Gasteiger partial charge in [0.15, 0.2) is 11.2 Å². The van der Waals surface area contributed by atoms with Gasteiger partial charge in [0, 0.05) is 44.6 Å². The number of methoxy groups -OCH3 is 1. The summed E-state index contributed by atoms with van der Waals surface area (Å²) in [6.07, 6.45) is 0.930. The topological polar surface area (TPSA) is 105 Å². The highest BCUT2D eigenvalue weighted by Gasteiger charge is 2.23. The molecule has 0 aromatic carbocycles. The number of nitrogens with zero attached hydrogens (tertiary/aromatic N) is 6. The first-order valence-electron chi connectivity index (χ1n) is 10.4. The van der Waals surface area contributed by atoms with Gasteiger partial charge in [0.05, 0.1) is 20.3 Å². The molecular weight excluding hydrogens is 404 g/mol. The summed E-state index contributed by atoms with van der Waals surface area (Å²) in [5, 5.41) is 0. The van der Waals surface area contributed by atoms with Gasteiger partial charge in [0.2, 0.25) is 5.78 Å². The molecule has 168 valence electrons. The van der Waals surface area contributed by atoms with Gasteiger partial charge in [-0.3, -0.25) is 23.5 Å². The Morgan fingerprint density at radius 3 is 2.48 bits per heavy atom. The lowest BCUT2D eigenvalue weighted by atomic mass is 10.3. The van der Waals surface area contributed by atoms with Gasteiger partial charge in [-0.05, 0) is 20.3 Å². The van der Waals surface area contributed by atoms with E-state index in [9.17, 15) is 14.4 Å². The van der Waals surface area contributed by atoms with Crippen LogP contribution in [-0.4, -0.2) is 73.9 Å². The van der Waals surface area contributed by atoms with Crippen molar-refractivity contribution in [2.75, 3.05) is 40.0 Å². The molecule has 0 unspecified atom stereocenters. The van der Waals surface area contributed by atoms with E-state index in [0.717, 1.165) is 61.8 Å². The SMILES string of the molecule is COC(=O)Cn1c(=O)c2c(nc3n(CCCN4CCOCC4)c(C)c(C)n23)n(C)c1=O. The van der Waals surface area contributed by atoms with Crippen LogP contribution in [0.1, 0.15) is 17.8 Å². The predicted octanol–water partition coefficient (Wildman–Crippen LogP) is -0.338. The average molecular weight is 432 g/mol. The lowest BCUT2D eigenvalue weighted by Crippen LogP contribution is -2.41. The average Bonchev–Trinajstić information content (AvgIpc) is 3.27. The first kappa shape index (κ1) is 21.3. The van der Waals surface area contributed by atoms with E-state index >= 15 is 0 Å². The zero-order chi connectivity index (χ0) is 22.3. The van der Waals surface area contributed by atoms with Crippen LogP contribution >= 0.6 is 0 Å². The molecular formula is C20H28N6O5. The molecule has 1 fully saturated rings. The van der Waals surface area contributed by atoms with E-state index in [4.69, 9.17) is 4.74 Å². The number of imidazole rings is 2. The Labute approximate surface area is 178 Å². The van der Waals surface area contributed by atoms with E-state index in [1.165, 1.54) is 11.7 Å². The molecule has 0 atom stereocenters. The van der Waals surface area contributed by atoms with Crippen molar-refractivity contribution in [3.05, 3.63) is 32.2 Å². The maximum Gasteiger partial charge on any atom is 0.333 e. The number of ether oxygens (including phenoxy) is 2. The third kappa shape index (κ3) is 3.57. The summed E-state index contributed by atoms with van der Waals surface area (Å²) < 4.78 is 16.1. The monoisotopic (exact) mass is 432 g/mol. The summed E-state index contributed by atoms with van der Waals surface area (Å²) in [4.78, 5) is 44.6. The number of rotatable bonds is 6. The van der Waals surface area contributed by atoms with Crippen LogP contribution in [0.2, 0.25) is 0 Å². The quantitative estimate of drug-likeness (QED) is 0.491. The Bertz CT molecular complexity index is 1260. The molecule has 4 heterocycles. The van der Waals surface area contributed by atoms with Crippen molar-refractivity contribution in [3.63, 3.8) is 0 Å². The van der Waals surface area contributed by atoms with E-state index in [-0.39, 0.29) is 5.52 Å². The molecule has 1 aliphatic heterocycles. The molecule has 1 saturated heterocycles. The van der Waals surface area contributed by atoms with Crippen molar-refractivity contribution in [3.8, 4) is 0 Å². The molecule has 3 aromatic rings. The lowest BCUT2D eigenvalue weighted by molar-refractivity contribution is -0.141. The van der Waals surface area contributed by atoms with Gasteiger partial charge in [0.25, 0.3) is 5.56 Å². The number of fused-ring (bicyclic) bond motifs is 3. The van der Waals surface area contributed by atoms with Crippen LogP contribution in [0, 0.1) is 13.8 Å². The molecule has 31 heavy (non-hydrogen) atoms. The van der Waals surface area contributed by atoms with Gasteiger partial charge in [-0.15, -0.1) is 0 Å². The number of aromatic nitrogens is 5. The van der Waals surface area contributed by atoms with Crippen molar-refractivity contribution >= 4 is 22.9 Å². The van der Waals surface area contributed by atoms with Crippen molar-refractivity contribution in [1.29, 1.82) is 0 Å². The fourth-order valence-corrected chi connectivity index (χ4v) is 4.19.